The van der Waals surface area contributed by atoms with Crippen molar-refractivity contribution in [3.05, 3.63) is 94.8 Å². The number of hydrogen-bond acceptors (Lipinski definition) is 4. The van der Waals surface area contributed by atoms with Crippen molar-refractivity contribution in [1.29, 1.82) is 0 Å². The van der Waals surface area contributed by atoms with Crippen LogP contribution < -0.4 is 0 Å². The van der Waals surface area contributed by atoms with Gasteiger partial charge in [0, 0.05) is 11.1 Å². The summed E-state index contributed by atoms with van der Waals surface area (Å²) >= 11 is 0. The lowest BCUT2D eigenvalue weighted by atomic mass is 10.1. The van der Waals surface area contributed by atoms with E-state index in [1.807, 2.05) is 31.2 Å². The van der Waals surface area contributed by atoms with Gasteiger partial charge in [0.2, 0.25) is 0 Å². The van der Waals surface area contributed by atoms with Crippen LogP contribution in [-0.2, 0) is 9.53 Å². The second-order valence-corrected chi connectivity index (χ2v) is 6.42. The summed E-state index contributed by atoms with van der Waals surface area (Å²) in [6.07, 6.45) is 3.25. The summed E-state index contributed by atoms with van der Waals surface area (Å²) in [6.45, 7) is 1.99. The van der Waals surface area contributed by atoms with Gasteiger partial charge in [-0.2, -0.15) is 0 Å². The second kappa shape index (κ2) is 7.04. The Labute approximate surface area is 161 Å². The monoisotopic (exact) mass is 372 g/mol. The summed E-state index contributed by atoms with van der Waals surface area (Å²) in [5.41, 5.74) is 2.93. The van der Waals surface area contributed by atoms with Crippen LogP contribution in [0.2, 0.25) is 0 Å². The zero-order valence-electron chi connectivity index (χ0n) is 15.0. The van der Waals surface area contributed by atoms with Gasteiger partial charge in [0.15, 0.2) is 0 Å². The molecule has 0 saturated heterocycles. The van der Waals surface area contributed by atoms with Crippen molar-refractivity contribution in [2.75, 3.05) is 0 Å². The molecule has 0 unspecified atom stereocenters. The van der Waals surface area contributed by atoms with E-state index in [4.69, 9.17) is 9.15 Å². The first-order valence-corrected chi connectivity index (χ1v) is 8.66. The SMILES string of the molecule is Cc1ccc(C2=C/C(=C\c3ccc(-c4ccccc4C(=O)O)o3)C(=O)O2)cc1. The van der Waals surface area contributed by atoms with Crippen molar-refractivity contribution >= 4 is 23.8 Å². The lowest BCUT2D eigenvalue weighted by Crippen LogP contribution is -1.98. The maximum absolute atomic E-state index is 12.2. The van der Waals surface area contributed by atoms with Gasteiger partial charge in [0.05, 0.1) is 11.1 Å². The number of benzene rings is 2. The highest BCUT2D eigenvalue weighted by Crippen LogP contribution is 2.30. The number of cyclic esters (lactones) is 1. The van der Waals surface area contributed by atoms with E-state index >= 15 is 0 Å². The number of esters is 1. The molecule has 0 aliphatic carbocycles. The Morgan fingerprint density at radius 2 is 1.75 bits per heavy atom. The van der Waals surface area contributed by atoms with Crippen molar-refractivity contribution < 1.29 is 23.8 Å². The highest BCUT2D eigenvalue weighted by molar-refractivity contribution is 6.05. The molecule has 0 fully saturated rings. The van der Waals surface area contributed by atoms with Gasteiger partial charge < -0.3 is 14.3 Å². The van der Waals surface area contributed by atoms with Crippen LogP contribution in [0.15, 0.2) is 76.7 Å². The Morgan fingerprint density at radius 1 is 1.00 bits per heavy atom. The first-order valence-electron chi connectivity index (χ1n) is 8.66. The minimum absolute atomic E-state index is 0.151. The van der Waals surface area contributed by atoms with Crippen LogP contribution in [0.1, 0.15) is 27.2 Å². The molecule has 0 radical (unpaired) electrons. The standard InChI is InChI=1S/C23H16O5/c1-14-6-8-15(9-7-14)21-13-16(23(26)28-21)12-17-10-11-20(27-17)18-4-2-3-5-19(18)22(24)25/h2-13H,1H3,(H,24,25)/b16-12+. The summed E-state index contributed by atoms with van der Waals surface area (Å²) in [7, 11) is 0. The molecule has 0 atom stereocenters. The molecule has 0 bridgehead atoms. The van der Waals surface area contributed by atoms with E-state index in [9.17, 15) is 14.7 Å². The van der Waals surface area contributed by atoms with E-state index < -0.39 is 11.9 Å². The van der Waals surface area contributed by atoms with Crippen molar-refractivity contribution in [1.82, 2.24) is 0 Å². The van der Waals surface area contributed by atoms with Gasteiger partial charge in [-0.1, -0.05) is 48.0 Å². The Hall–Kier alpha value is -3.86. The van der Waals surface area contributed by atoms with Crippen molar-refractivity contribution in [2.45, 2.75) is 6.92 Å². The summed E-state index contributed by atoms with van der Waals surface area (Å²) in [6, 6.07) is 17.6. The van der Waals surface area contributed by atoms with Gasteiger partial charge in [-0.05, 0) is 37.3 Å². The highest BCUT2D eigenvalue weighted by Gasteiger charge is 2.22. The Balaban J connectivity index is 1.65. The first kappa shape index (κ1) is 17.5. The Bertz CT molecular complexity index is 1130. The minimum Gasteiger partial charge on any atom is -0.478 e. The normalized spacial score (nSPS) is 14.8. The van der Waals surface area contributed by atoms with Crippen LogP contribution in [0, 0.1) is 6.92 Å². The summed E-state index contributed by atoms with van der Waals surface area (Å²) < 4.78 is 11.1. The van der Waals surface area contributed by atoms with E-state index in [-0.39, 0.29) is 5.56 Å². The lowest BCUT2D eigenvalue weighted by molar-refractivity contribution is -0.130. The number of carboxylic acid groups (broad SMARTS) is 1. The number of carboxylic acids is 1. The van der Waals surface area contributed by atoms with E-state index in [0.29, 0.717) is 28.4 Å². The van der Waals surface area contributed by atoms with Crippen LogP contribution in [0.25, 0.3) is 23.2 Å². The molecule has 0 spiro atoms. The third-order valence-electron chi connectivity index (χ3n) is 4.41. The molecule has 28 heavy (non-hydrogen) atoms. The van der Waals surface area contributed by atoms with Crippen LogP contribution in [0.5, 0.6) is 0 Å². The fourth-order valence-electron chi connectivity index (χ4n) is 2.96. The molecule has 1 N–H and O–H groups in total. The molecule has 0 amide bonds. The van der Waals surface area contributed by atoms with Crippen LogP contribution >= 0.6 is 0 Å². The summed E-state index contributed by atoms with van der Waals surface area (Å²) in [5.74, 6) is -0.154. The van der Waals surface area contributed by atoms with Crippen LogP contribution in [-0.4, -0.2) is 17.0 Å². The summed E-state index contributed by atoms with van der Waals surface area (Å²) in [4.78, 5) is 23.6. The number of hydrogen-bond donors (Lipinski definition) is 1. The van der Waals surface area contributed by atoms with Gasteiger partial charge >= 0.3 is 11.9 Å². The predicted molar refractivity (Wildman–Crippen MR) is 104 cm³/mol. The quantitative estimate of drug-likeness (QED) is 0.519. The second-order valence-electron chi connectivity index (χ2n) is 6.42. The van der Waals surface area contributed by atoms with Gasteiger partial charge in [-0.15, -0.1) is 0 Å². The smallest absolute Gasteiger partial charge is 0.343 e. The molecule has 5 heteroatoms. The van der Waals surface area contributed by atoms with Gasteiger partial charge in [-0.3, -0.25) is 0 Å². The van der Waals surface area contributed by atoms with E-state index in [1.54, 1.807) is 42.5 Å². The molecular formula is C23H16O5. The number of ether oxygens (including phenoxy) is 1. The highest BCUT2D eigenvalue weighted by atomic mass is 16.5. The number of carbonyl (C=O) groups is 2. The van der Waals surface area contributed by atoms with Crippen LogP contribution in [0.4, 0.5) is 0 Å². The Morgan fingerprint density at radius 3 is 2.50 bits per heavy atom. The number of rotatable bonds is 4. The molecule has 1 aromatic heterocycles. The fraction of sp³-hybridized carbons (Fsp3) is 0.0435. The molecule has 2 aromatic carbocycles. The van der Waals surface area contributed by atoms with Crippen molar-refractivity contribution in [3.63, 3.8) is 0 Å². The van der Waals surface area contributed by atoms with Gasteiger partial charge in [0.25, 0.3) is 0 Å². The minimum atomic E-state index is -1.03. The van der Waals surface area contributed by atoms with Crippen LogP contribution in [0.3, 0.4) is 0 Å². The molecule has 2 heterocycles. The predicted octanol–water partition coefficient (Wildman–Crippen LogP) is 4.93. The third kappa shape index (κ3) is 3.38. The third-order valence-corrected chi connectivity index (χ3v) is 4.41. The zero-order chi connectivity index (χ0) is 19.7. The van der Waals surface area contributed by atoms with Crippen molar-refractivity contribution in [3.8, 4) is 11.3 Å². The van der Waals surface area contributed by atoms with Crippen molar-refractivity contribution in [2.24, 2.45) is 0 Å². The topological polar surface area (TPSA) is 76.7 Å². The number of furan rings is 1. The molecule has 5 nitrogen and oxygen atoms in total. The lowest BCUT2D eigenvalue weighted by Gasteiger charge is -2.02. The molecule has 0 saturated carbocycles. The van der Waals surface area contributed by atoms with E-state index in [2.05, 4.69) is 0 Å². The summed E-state index contributed by atoms with van der Waals surface area (Å²) in [5, 5.41) is 9.33. The maximum Gasteiger partial charge on any atom is 0.343 e. The molecule has 138 valence electrons. The maximum atomic E-state index is 12.2. The van der Waals surface area contributed by atoms with Gasteiger partial charge in [0.1, 0.15) is 17.3 Å². The number of aromatic carboxylic acids is 1. The first-order chi connectivity index (χ1) is 13.5. The molecule has 3 aromatic rings. The average Bonchev–Trinajstić information content (AvgIpc) is 3.30. The van der Waals surface area contributed by atoms with E-state index in [1.165, 1.54) is 6.07 Å². The molecular weight excluding hydrogens is 356 g/mol. The molecule has 4 rings (SSSR count). The largest absolute Gasteiger partial charge is 0.478 e. The Kier molecular flexibility index (Phi) is 4.41. The molecule has 1 aliphatic heterocycles. The fourth-order valence-corrected chi connectivity index (χ4v) is 2.96. The average molecular weight is 372 g/mol. The van der Waals surface area contributed by atoms with E-state index in [0.717, 1.165) is 11.1 Å². The zero-order valence-corrected chi connectivity index (χ0v) is 15.0. The number of aryl methyl sites for hydroxylation is 1. The van der Waals surface area contributed by atoms with Gasteiger partial charge in [-0.25, -0.2) is 9.59 Å². The molecule has 1 aliphatic rings. The number of carbonyl (C=O) groups excluding carboxylic acids is 1.